The van der Waals surface area contributed by atoms with Crippen LogP contribution in [-0.4, -0.2) is 68.4 Å². The number of oxime groups is 1. The van der Waals surface area contributed by atoms with Crippen LogP contribution in [0.4, 0.5) is 5.13 Å². The number of anilines is 1. The topological polar surface area (TPSA) is 179 Å². The molecule has 0 bridgehead atoms. The SMILES string of the molecule is CCOC(=O)c1cn([C@@H]2NC(=O)[C@H]2NC(=O)C=NOCc2csc(NC(=O)CCl)n2)nn1. The maximum absolute atomic E-state index is 12.0. The summed E-state index contributed by atoms with van der Waals surface area (Å²) in [6, 6.07) is -0.947. The van der Waals surface area contributed by atoms with Gasteiger partial charge in [0, 0.05) is 5.38 Å². The second kappa shape index (κ2) is 10.6. The molecule has 0 aromatic carbocycles. The fraction of sp³-hybridized carbons (Fsp3) is 0.375. The van der Waals surface area contributed by atoms with E-state index in [9.17, 15) is 19.2 Å². The third-order valence-corrected chi connectivity index (χ3v) is 4.89. The van der Waals surface area contributed by atoms with Crippen molar-refractivity contribution in [1.29, 1.82) is 0 Å². The predicted octanol–water partition coefficient (Wildman–Crippen LogP) is -0.596. The van der Waals surface area contributed by atoms with Crippen molar-refractivity contribution < 1.29 is 28.8 Å². The molecule has 3 N–H and O–H groups in total. The molecular formula is C16H17ClN8O6S. The smallest absolute Gasteiger partial charge is 0.360 e. The molecule has 2 aromatic heterocycles. The molecule has 0 radical (unpaired) electrons. The average molecular weight is 485 g/mol. The zero-order valence-corrected chi connectivity index (χ0v) is 18.1. The number of hydrogen-bond acceptors (Lipinski definition) is 11. The fourth-order valence-corrected chi connectivity index (χ4v) is 3.18. The molecule has 1 aliphatic heterocycles. The molecule has 0 aliphatic carbocycles. The minimum atomic E-state index is -0.947. The van der Waals surface area contributed by atoms with Gasteiger partial charge in [-0.25, -0.2) is 14.5 Å². The van der Waals surface area contributed by atoms with Crippen LogP contribution in [0.15, 0.2) is 16.7 Å². The van der Waals surface area contributed by atoms with Crippen LogP contribution < -0.4 is 16.0 Å². The number of rotatable bonds is 10. The van der Waals surface area contributed by atoms with Crippen molar-refractivity contribution in [3.8, 4) is 0 Å². The minimum Gasteiger partial charge on any atom is -0.461 e. The normalized spacial score (nSPS) is 17.4. The number of nitrogens with zero attached hydrogens (tertiary/aromatic N) is 5. The molecule has 2 atom stereocenters. The highest BCUT2D eigenvalue weighted by atomic mass is 35.5. The van der Waals surface area contributed by atoms with Crippen LogP contribution in [-0.2, 0) is 30.6 Å². The Morgan fingerprint density at radius 1 is 1.44 bits per heavy atom. The van der Waals surface area contributed by atoms with Crippen molar-refractivity contribution in [3.63, 3.8) is 0 Å². The lowest BCUT2D eigenvalue weighted by Crippen LogP contribution is -2.65. The predicted molar refractivity (Wildman–Crippen MR) is 110 cm³/mol. The first-order valence-electron chi connectivity index (χ1n) is 9.06. The van der Waals surface area contributed by atoms with Gasteiger partial charge in [-0.05, 0) is 6.92 Å². The van der Waals surface area contributed by atoms with Crippen LogP contribution in [0, 0.1) is 0 Å². The minimum absolute atomic E-state index is 0.0274. The highest BCUT2D eigenvalue weighted by Crippen LogP contribution is 2.18. The van der Waals surface area contributed by atoms with Gasteiger partial charge in [0.05, 0.1) is 18.5 Å². The summed E-state index contributed by atoms with van der Waals surface area (Å²) in [5.41, 5.74) is 0.458. The van der Waals surface area contributed by atoms with Gasteiger partial charge in [0.2, 0.25) is 11.8 Å². The molecule has 14 nitrogen and oxygen atoms in total. The molecule has 0 saturated carbocycles. The molecular weight excluding hydrogens is 468 g/mol. The van der Waals surface area contributed by atoms with Crippen LogP contribution >= 0.6 is 22.9 Å². The van der Waals surface area contributed by atoms with Crippen molar-refractivity contribution in [3.05, 3.63) is 23.0 Å². The molecule has 1 saturated heterocycles. The Bertz CT molecular complexity index is 1040. The Balaban J connectivity index is 1.46. The highest BCUT2D eigenvalue weighted by molar-refractivity contribution is 7.13. The molecule has 170 valence electrons. The first kappa shape index (κ1) is 23.1. The van der Waals surface area contributed by atoms with Gasteiger partial charge < -0.3 is 25.5 Å². The maximum Gasteiger partial charge on any atom is 0.360 e. The second-order valence-electron chi connectivity index (χ2n) is 6.08. The second-order valence-corrected chi connectivity index (χ2v) is 7.20. The van der Waals surface area contributed by atoms with Crippen molar-refractivity contribution in [2.45, 2.75) is 25.7 Å². The maximum atomic E-state index is 12.0. The van der Waals surface area contributed by atoms with E-state index in [0.29, 0.717) is 10.8 Å². The Kier molecular flexibility index (Phi) is 7.67. The van der Waals surface area contributed by atoms with Gasteiger partial charge >= 0.3 is 5.97 Å². The van der Waals surface area contributed by atoms with Gasteiger partial charge in [0.15, 0.2) is 23.6 Å². The molecule has 0 spiro atoms. The van der Waals surface area contributed by atoms with E-state index < -0.39 is 30.0 Å². The van der Waals surface area contributed by atoms with Gasteiger partial charge in [0.1, 0.15) is 18.1 Å². The van der Waals surface area contributed by atoms with Gasteiger partial charge in [-0.15, -0.1) is 28.0 Å². The lowest BCUT2D eigenvalue weighted by molar-refractivity contribution is -0.137. The molecule has 16 heteroatoms. The zero-order valence-electron chi connectivity index (χ0n) is 16.5. The van der Waals surface area contributed by atoms with E-state index in [4.69, 9.17) is 21.2 Å². The number of carbonyl (C=O) groups is 4. The average Bonchev–Trinajstić information content (AvgIpc) is 3.43. The van der Waals surface area contributed by atoms with Crippen molar-refractivity contribution in [1.82, 2.24) is 30.6 Å². The standard InChI is InChI=1S/C16H17ClN8O6S/c1-2-30-15(29)9-5-25(24-23-9)13-12(14(28)22-13)20-11(27)4-18-31-6-8-7-32-16(19-8)21-10(26)3-17/h4-5,7,12-13H,2-3,6H2,1H3,(H,20,27)(H,22,28)(H,19,21,26)/t12-,13-/m0/s1. The number of esters is 1. The summed E-state index contributed by atoms with van der Waals surface area (Å²) in [4.78, 5) is 55.8. The van der Waals surface area contributed by atoms with E-state index in [2.05, 4.69) is 36.4 Å². The van der Waals surface area contributed by atoms with Gasteiger partial charge in [-0.3, -0.25) is 14.4 Å². The van der Waals surface area contributed by atoms with E-state index in [1.807, 2.05) is 0 Å². The molecule has 1 fully saturated rings. The Labute approximate surface area is 189 Å². The number of ether oxygens (including phenoxy) is 1. The lowest BCUT2D eigenvalue weighted by atomic mass is 10.1. The first-order chi connectivity index (χ1) is 15.4. The van der Waals surface area contributed by atoms with Gasteiger partial charge in [-0.1, -0.05) is 10.4 Å². The molecule has 3 rings (SSSR count). The van der Waals surface area contributed by atoms with Crippen molar-refractivity contribution >= 4 is 58.0 Å². The van der Waals surface area contributed by atoms with Crippen molar-refractivity contribution in [2.24, 2.45) is 5.16 Å². The monoisotopic (exact) mass is 484 g/mol. The molecule has 2 aromatic rings. The van der Waals surface area contributed by atoms with E-state index >= 15 is 0 Å². The largest absolute Gasteiger partial charge is 0.461 e. The zero-order chi connectivity index (χ0) is 23.1. The van der Waals surface area contributed by atoms with E-state index in [0.717, 1.165) is 6.21 Å². The molecule has 32 heavy (non-hydrogen) atoms. The number of thiazole rings is 1. The van der Waals surface area contributed by atoms with Crippen LogP contribution in [0.3, 0.4) is 0 Å². The molecule has 3 heterocycles. The summed E-state index contributed by atoms with van der Waals surface area (Å²) in [7, 11) is 0. The van der Waals surface area contributed by atoms with Crippen LogP contribution in [0.1, 0.15) is 29.3 Å². The van der Waals surface area contributed by atoms with Crippen LogP contribution in [0.5, 0.6) is 0 Å². The van der Waals surface area contributed by atoms with Gasteiger partial charge in [0.25, 0.3) is 5.91 Å². The Morgan fingerprint density at radius 3 is 2.97 bits per heavy atom. The summed E-state index contributed by atoms with van der Waals surface area (Å²) in [6.45, 7) is 1.79. The number of amides is 3. The number of hydrogen-bond donors (Lipinski definition) is 3. The molecule has 0 unspecified atom stereocenters. The number of nitrogens with one attached hydrogen (secondary N) is 3. The summed E-state index contributed by atoms with van der Waals surface area (Å²) in [6.07, 6.45) is 1.43. The summed E-state index contributed by atoms with van der Waals surface area (Å²) < 4.78 is 6.06. The number of alkyl halides is 1. The Morgan fingerprint density at radius 2 is 2.25 bits per heavy atom. The first-order valence-corrected chi connectivity index (χ1v) is 10.5. The molecule has 1 aliphatic rings. The summed E-state index contributed by atoms with van der Waals surface area (Å²) >= 11 is 6.58. The van der Waals surface area contributed by atoms with Gasteiger partial charge in [-0.2, -0.15) is 0 Å². The number of carbonyl (C=O) groups excluding carboxylic acids is 4. The van der Waals surface area contributed by atoms with E-state index in [-0.39, 0.29) is 30.7 Å². The summed E-state index contributed by atoms with van der Waals surface area (Å²) in [5.74, 6) is -2.35. The number of aromatic nitrogens is 4. The van der Waals surface area contributed by atoms with Crippen molar-refractivity contribution in [2.75, 3.05) is 17.8 Å². The quantitative estimate of drug-likeness (QED) is 0.130. The highest BCUT2D eigenvalue weighted by Gasteiger charge is 2.42. The third kappa shape index (κ3) is 5.76. The number of halogens is 1. The fourth-order valence-electron chi connectivity index (χ4n) is 2.40. The van der Waals surface area contributed by atoms with E-state index in [1.165, 1.54) is 22.2 Å². The lowest BCUT2D eigenvalue weighted by Gasteiger charge is -2.36. The Hall–Kier alpha value is -3.59. The molecule has 3 amide bonds. The third-order valence-electron chi connectivity index (χ3n) is 3.84. The van der Waals surface area contributed by atoms with E-state index in [1.54, 1.807) is 12.3 Å². The van der Waals surface area contributed by atoms with Crippen LogP contribution in [0.2, 0.25) is 0 Å². The number of β-lactam (4-membered cyclic amide) rings is 1. The van der Waals surface area contributed by atoms with Crippen LogP contribution in [0.25, 0.3) is 0 Å². The summed E-state index contributed by atoms with van der Waals surface area (Å²) in [5, 5.41) is 20.5.